The normalized spacial score (nSPS) is 13.6. The number of H-pyrrole nitrogens is 1. The number of carbonyl (C=O) groups is 1. The Bertz CT molecular complexity index is 1480. The summed E-state index contributed by atoms with van der Waals surface area (Å²) in [7, 11) is -3.84. The standard InChI is InChI=1S/C26H24ClN3O3S/c27-23-12-11-20(34(32,33)30-15-5-7-18-6-1-4-10-25(18)30)16-22(23)26(31)28-14-13-19-17-29-24-9-3-2-8-21(19)24/h1-4,6,8-12,16-17,29H,5,7,13-15H2,(H,28,31). The quantitative estimate of drug-likeness (QED) is 0.399. The van der Waals surface area contributed by atoms with Crippen molar-refractivity contribution in [2.24, 2.45) is 0 Å². The molecule has 6 nitrogen and oxygen atoms in total. The van der Waals surface area contributed by atoms with Gasteiger partial charge in [-0.15, -0.1) is 0 Å². The van der Waals surface area contributed by atoms with Gasteiger partial charge in [0.1, 0.15) is 0 Å². The molecule has 0 fully saturated rings. The molecule has 5 rings (SSSR count). The average molecular weight is 494 g/mol. The van der Waals surface area contributed by atoms with E-state index in [1.54, 1.807) is 0 Å². The lowest BCUT2D eigenvalue weighted by atomic mass is 10.0. The topological polar surface area (TPSA) is 82.3 Å². The Balaban J connectivity index is 1.35. The summed E-state index contributed by atoms with van der Waals surface area (Å²) in [4.78, 5) is 16.2. The number of nitrogens with zero attached hydrogens (tertiary/aromatic N) is 1. The van der Waals surface area contributed by atoms with Crippen LogP contribution >= 0.6 is 11.6 Å². The van der Waals surface area contributed by atoms with E-state index in [-0.39, 0.29) is 15.5 Å². The van der Waals surface area contributed by atoms with E-state index in [1.807, 2.05) is 54.7 Å². The highest BCUT2D eigenvalue weighted by Crippen LogP contribution is 2.32. The molecule has 174 valence electrons. The van der Waals surface area contributed by atoms with E-state index in [1.165, 1.54) is 22.5 Å². The summed E-state index contributed by atoms with van der Waals surface area (Å²) in [5.41, 5.74) is 3.98. The predicted molar refractivity (Wildman–Crippen MR) is 135 cm³/mol. The molecule has 2 N–H and O–H groups in total. The Kier molecular flexibility index (Phi) is 6.06. The Labute approximate surface area is 203 Å². The zero-order valence-corrected chi connectivity index (χ0v) is 20.0. The average Bonchev–Trinajstić information content (AvgIpc) is 3.27. The van der Waals surface area contributed by atoms with Crippen molar-refractivity contribution in [3.8, 4) is 0 Å². The minimum absolute atomic E-state index is 0.0513. The van der Waals surface area contributed by atoms with Gasteiger partial charge < -0.3 is 10.3 Å². The van der Waals surface area contributed by atoms with Gasteiger partial charge in [-0.1, -0.05) is 48.0 Å². The van der Waals surface area contributed by atoms with Crippen molar-refractivity contribution in [1.82, 2.24) is 10.3 Å². The Morgan fingerprint density at radius 1 is 1.06 bits per heavy atom. The fourth-order valence-corrected chi connectivity index (χ4v) is 6.23. The van der Waals surface area contributed by atoms with Crippen LogP contribution in [0.15, 0.2) is 77.8 Å². The number of aromatic nitrogens is 1. The van der Waals surface area contributed by atoms with Crippen molar-refractivity contribution in [2.45, 2.75) is 24.2 Å². The predicted octanol–water partition coefficient (Wildman–Crippen LogP) is 4.94. The molecule has 1 amide bonds. The van der Waals surface area contributed by atoms with Gasteiger partial charge in [-0.2, -0.15) is 0 Å². The summed E-state index contributed by atoms with van der Waals surface area (Å²) in [6.07, 6.45) is 4.15. The first kappa shape index (κ1) is 22.5. The number of carbonyl (C=O) groups excluding carboxylic acids is 1. The number of sulfonamides is 1. The highest BCUT2D eigenvalue weighted by atomic mass is 35.5. The van der Waals surface area contributed by atoms with E-state index in [0.29, 0.717) is 25.2 Å². The minimum Gasteiger partial charge on any atom is -0.361 e. The third-order valence-electron chi connectivity index (χ3n) is 6.19. The molecular weight excluding hydrogens is 470 g/mol. The van der Waals surface area contributed by atoms with Crippen molar-refractivity contribution >= 4 is 44.1 Å². The molecule has 0 spiro atoms. The molecule has 2 heterocycles. The highest BCUT2D eigenvalue weighted by molar-refractivity contribution is 7.92. The molecule has 0 aliphatic carbocycles. The highest BCUT2D eigenvalue weighted by Gasteiger charge is 2.29. The van der Waals surface area contributed by atoms with E-state index in [9.17, 15) is 13.2 Å². The van der Waals surface area contributed by atoms with Crippen LogP contribution in [0.2, 0.25) is 5.02 Å². The van der Waals surface area contributed by atoms with Gasteiger partial charge in [0, 0.05) is 30.2 Å². The van der Waals surface area contributed by atoms with E-state index in [0.717, 1.165) is 34.9 Å². The molecule has 0 unspecified atom stereocenters. The summed E-state index contributed by atoms with van der Waals surface area (Å²) < 4.78 is 28.4. The number of rotatable bonds is 6. The molecule has 1 aliphatic rings. The Hall–Kier alpha value is -3.29. The number of halogens is 1. The van der Waals surface area contributed by atoms with Gasteiger partial charge in [-0.25, -0.2) is 8.42 Å². The number of hydrogen-bond acceptors (Lipinski definition) is 3. The maximum absolute atomic E-state index is 13.5. The summed E-state index contributed by atoms with van der Waals surface area (Å²) in [5.74, 6) is -0.402. The number of aromatic amines is 1. The molecular formula is C26H24ClN3O3S. The number of nitrogens with one attached hydrogen (secondary N) is 2. The molecule has 0 atom stereocenters. The first-order valence-electron chi connectivity index (χ1n) is 11.2. The van der Waals surface area contributed by atoms with Gasteiger partial charge in [0.05, 0.1) is 21.2 Å². The number of benzene rings is 3. The number of hydrogen-bond donors (Lipinski definition) is 2. The lowest BCUT2D eigenvalue weighted by molar-refractivity contribution is 0.0954. The molecule has 34 heavy (non-hydrogen) atoms. The van der Waals surface area contributed by atoms with Crippen LogP contribution in [-0.2, 0) is 22.9 Å². The molecule has 1 aliphatic heterocycles. The fraction of sp³-hybridized carbons (Fsp3) is 0.192. The minimum atomic E-state index is -3.84. The van der Waals surface area contributed by atoms with E-state index >= 15 is 0 Å². The second-order valence-corrected chi connectivity index (χ2v) is 10.6. The first-order chi connectivity index (χ1) is 16.4. The van der Waals surface area contributed by atoms with Crippen molar-refractivity contribution in [3.05, 3.63) is 94.6 Å². The van der Waals surface area contributed by atoms with Gasteiger partial charge in [0.15, 0.2) is 0 Å². The molecule has 0 bridgehead atoms. The van der Waals surface area contributed by atoms with Gasteiger partial charge in [0.25, 0.3) is 15.9 Å². The molecule has 8 heteroatoms. The molecule has 1 aromatic heterocycles. The van der Waals surface area contributed by atoms with Crippen molar-refractivity contribution in [1.29, 1.82) is 0 Å². The number of anilines is 1. The second-order valence-electron chi connectivity index (χ2n) is 8.32. The molecule has 4 aromatic rings. The van der Waals surface area contributed by atoms with Crippen molar-refractivity contribution in [3.63, 3.8) is 0 Å². The van der Waals surface area contributed by atoms with E-state index < -0.39 is 15.9 Å². The van der Waals surface area contributed by atoms with Crippen LogP contribution < -0.4 is 9.62 Å². The van der Waals surface area contributed by atoms with Crippen LogP contribution in [0.4, 0.5) is 5.69 Å². The third-order valence-corrected chi connectivity index (χ3v) is 8.33. The van der Waals surface area contributed by atoms with Gasteiger partial charge in [-0.3, -0.25) is 9.10 Å². The third kappa shape index (κ3) is 4.17. The smallest absolute Gasteiger partial charge is 0.264 e. The molecule has 0 radical (unpaired) electrons. The molecule has 3 aromatic carbocycles. The van der Waals surface area contributed by atoms with E-state index in [2.05, 4.69) is 10.3 Å². The largest absolute Gasteiger partial charge is 0.361 e. The monoisotopic (exact) mass is 493 g/mol. The van der Waals surface area contributed by atoms with E-state index in [4.69, 9.17) is 11.6 Å². The summed E-state index contributed by atoms with van der Waals surface area (Å²) in [6, 6.07) is 19.8. The van der Waals surface area contributed by atoms with Gasteiger partial charge in [-0.05, 0) is 60.7 Å². The summed E-state index contributed by atoms with van der Waals surface area (Å²) >= 11 is 6.29. The number of para-hydroxylation sites is 2. The van der Waals surface area contributed by atoms with Crippen LogP contribution in [0.5, 0.6) is 0 Å². The summed E-state index contributed by atoms with van der Waals surface area (Å²) in [5, 5.41) is 4.20. The molecule has 0 saturated carbocycles. The Morgan fingerprint density at radius 2 is 1.85 bits per heavy atom. The van der Waals surface area contributed by atoms with Crippen LogP contribution in [0.3, 0.4) is 0 Å². The zero-order chi connectivity index (χ0) is 23.7. The lowest BCUT2D eigenvalue weighted by Crippen LogP contribution is -2.35. The lowest BCUT2D eigenvalue weighted by Gasteiger charge is -2.30. The SMILES string of the molecule is O=C(NCCc1c[nH]c2ccccc12)c1cc(S(=O)(=O)N2CCCc3ccccc32)ccc1Cl. The number of fused-ring (bicyclic) bond motifs is 2. The molecule has 0 saturated heterocycles. The number of aryl methyl sites for hydroxylation is 1. The van der Waals surface area contributed by atoms with Crippen molar-refractivity contribution in [2.75, 3.05) is 17.4 Å². The fourth-order valence-electron chi connectivity index (χ4n) is 4.46. The maximum Gasteiger partial charge on any atom is 0.264 e. The zero-order valence-electron chi connectivity index (χ0n) is 18.4. The van der Waals surface area contributed by atoms with Gasteiger partial charge >= 0.3 is 0 Å². The summed E-state index contributed by atoms with van der Waals surface area (Å²) in [6.45, 7) is 0.793. The van der Waals surface area contributed by atoms with Crippen LogP contribution in [0.1, 0.15) is 27.9 Å². The second kappa shape index (κ2) is 9.16. The van der Waals surface area contributed by atoms with Gasteiger partial charge in [0.2, 0.25) is 0 Å². The van der Waals surface area contributed by atoms with Crippen LogP contribution in [0.25, 0.3) is 10.9 Å². The maximum atomic E-state index is 13.5. The van der Waals surface area contributed by atoms with Crippen molar-refractivity contribution < 1.29 is 13.2 Å². The van der Waals surface area contributed by atoms with Crippen LogP contribution in [-0.4, -0.2) is 32.4 Å². The van der Waals surface area contributed by atoms with Crippen LogP contribution in [0, 0.1) is 0 Å². The first-order valence-corrected chi connectivity index (χ1v) is 13.0. The Morgan fingerprint density at radius 3 is 2.74 bits per heavy atom. The number of amides is 1.